The quantitative estimate of drug-likeness (QED) is 0.672. The van der Waals surface area contributed by atoms with Crippen molar-refractivity contribution >= 4 is 6.08 Å². The monoisotopic (exact) mass is 173 g/mol. The van der Waals surface area contributed by atoms with Crippen LogP contribution in [-0.4, -0.2) is 21.8 Å². The number of nitrogens with one attached hydrogen (secondary N) is 1. The molecule has 0 atom stereocenters. The predicted octanol–water partition coefficient (Wildman–Crippen LogP) is 1.15. The van der Waals surface area contributed by atoms with Gasteiger partial charge in [0.1, 0.15) is 0 Å². The first-order chi connectivity index (χ1) is 5.62. The molecule has 5 heteroatoms. The molecule has 0 unspecified atom stereocenters. The second kappa shape index (κ2) is 3.18. The molecule has 2 N–H and O–H groups in total. The van der Waals surface area contributed by atoms with E-state index in [-0.39, 0.29) is 11.6 Å². The van der Waals surface area contributed by atoms with Crippen molar-refractivity contribution in [1.29, 1.82) is 0 Å². The highest BCUT2D eigenvalue weighted by atomic mass is 16.8. The predicted molar refractivity (Wildman–Crippen MR) is 45.1 cm³/mol. The Labute approximate surface area is 71.9 Å². The zero-order valence-electron chi connectivity index (χ0n) is 7.66. The van der Waals surface area contributed by atoms with Crippen LogP contribution in [0.1, 0.15) is 33.6 Å². The average molecular weight is 173 g/mol. The molecule has 0 aliphatic carbocycles. The third kappa shape index (κ3) is 1.45. The highest BCUT2D eigenvalue weighted by Gasteiger charge is 2.32. The highest BCUT2D eigenvalue weighted by molar-refractivity contribution is 5.64. The van der Waals surface area contributed by atoms with E-state index in [1.807, 2.05) is 6.92 Å². The first-order valence-electron chi connectivity index (χ1n) is 4.12. The van der Waals surface area contributed by atoms with Crippen molar-refractivity contribution in [3.8, 4) is 0 Å². The van der Waals surface area contributed by atoms with Crippen molar-refractivity contribution < 1.29 is 9.94 Å². The Kier molecular flexibility index (Phi) is 2.42. The number of aliphatic hydroxyl groups excluding tert-OH is 1. The molecule has 0 saturated heterocycles. The fourth-order valence-corrected chi connectivity index (χ4v) is 0.991. The summed E-state index contributed by atoms with van der Waals surface area (Å²) in [6.07, 6.45) is 1.52. The average Bonchev–Trinajstić information content (AvgIpc) is 2.51. The van der Waals surface area contributed by atoms with Crippen molar-refractivity contribution in [2.45, 2.75) is 39.2 Å². The van der Waals surface area contributed by atoms with Gasteiger partial charge in [0.2, 0.25) is 0 Å². The van der Waals surface area contributed by atoms with E-state index < -0.39 is 0 Å². The SMILES string of the molecule is CCC(C)(CC)N1N=C(O)ON1. The van der Waals surface area contributed by atoms with Crippen LogP contribution in [0.15, 0.2) is 5.10 Å². The van der Waals surface area contributed by atoms with Crippen LogP contribution in [0.5, 0.6) is 0 Å². The molecule has 1 rings (SSSR count). The number of nitrogens with zero attached hydrogens (tertiary/aromatic N) is 2. The number of hydrogen-bond acceptors (Lipinski definition) is 4. The largest absolute Gasteiger partial charge is 0.464 e. The number of hydrazine groups is 1. The van der Waals surface area contributed by atoms with Crippen LogP contribution in [0.2, 0.25) is 0 Å². The maximum atomic E-state index is 8.88. The van der Waals surface area contributed by atoms with Gasteiger partial charge in [-0.25, -0.2) is 0 Å². The van der Waals surface area contributed by atoms with Crippen LogP contribution >= 0.6 is 0 Å². The Morgan fingerprint density at radius 1 is 1.58 bits per heavy atom. The molecule has 0 bridgehead atoms. The Balaban J connectivity index is 2.68. The molecule has 0 aromatic carbocycles. The van der Waals surface area contributed by atoms with Gasteiger partial charge in [-0.2, -0.15) is 5.12 Å². The summed E-state index contributed by atoms with van der Waals surface area (Å²) in [6.45, 7) is 6.18. The molecule has 70 valence electrons. The van der Waals surface area contributed by atoms with Crippen molar-refractivity contribution in [3.05, 3.63) is 0 Å². The maximum absolute atomic E-state index is 8.88. The minimum absolute atomic E-state index is 0.107. The van der Waals surface area contributed by atoms with Crippen molar-refractivity contribution in [3.63, 3.8) is 0 Å². The van der Waals surface area contributed by atoms with Gasteiger partial charge in [0, 0.05) is 0 Å². The van der Waals surface area contributed by atoms with Gasteiger partial charge in [0.05, 0.1) is 5.54 Å². The molecule has 5 nitrogen and oxygen atoms in total. The van der Waals surface area contributed by atoms with Crippen LogP contribution in [0, 0.1) is 0 Å². The third-order valence-corrected chi connectivity index (χ3v) is 2.44. The van der Waals surface area contributed by atoms with Crippen LogP contribution in [0.3, 0.4) is 0 Å². The summed E-state index contributed by atoms with van der Waals surface area (Å²) < 4.78 is 0. The van der Waals surface area contributed by atoms with E-state index in [1.165, 1.54) is 0 Å². The zero-order chi connectivity index (χ0) is 9.19. The van der Waals surface area contributed by atoms with E-state index in [4.69, 9.17) is 5.11 Å². The molecule has 0 radical (unpaired) electrons. The maximum Gasteiger partial charge on any atom is 0.425 e. The van der Waals surface area contributed by atoms with Crippen LogP contribution in [-0.2, 0) is 4.84 Å². The Morgan fingerprint density at radius 2 is 2.17 bits per heavy atom. The van der Waals surface area contributed by atoms with Gasteiger partial charge in [0.25, 0.3) is 0 Å². The lowest BCUT2D eigenvalue weighted by molar-refractivity contribution is -0.0500. The minimum atomic E-state index is -0.330. The molecule has 0 aromatic heterocycles. The zero-order valence-corrected chi connectivity index (χ0v) is 7.66. The smallest absolute Gasteiger partial charge is 0.425 e. The van der Waals surface area contributed by atoms with E-state index >= 15 is 0 Å². The molecule has 1 heterocycles. The van der Waals surface area contributed by atoms with Crippen LogP contribution in [0.25, 0.3) is 0 Å². The van der Waals surface area contributed by atoms with E-state index in [0.29, 0.717) is 0 Å². The Morgan fingerprint density at radius 3 is 2.50 bits per heavy atom. The second-order valence-electron chi connectivity index (χ2n) is 3.09. The summed E-state index contributed by atoms with van der Waals surface area (Å²) >= 11 is 0. The lowest BCUT2D eigenvalue weighted by Crippen LogP contribution is -2.46. The molecule has 0 fully saturated rings. The summed E-state index contributed by atoms with van der Waals surface area (Å²) in [4.78, 5) is 4.60. The fraction of sp³-hybridized carbons (Fsp3) is 0.857. The summed E-state index contributed by atoms with van der Waals surface area (Å²) in [5, 5.41) is 14.2. The molecule has 0 amide bonds. The lowest BCUT2D eigenvalue weighted by Gasteiger charge is -2.32. The van der Waals surface area contributed by atoms with E-state index in [9.17, 15) is 0 Å². The van der Waals surface area contributed by atoms with Crippen molar-refractivity contribution in [2.24, 2.45) is 5.10 Å². The topological polar surface area (TPSA) is 57.1 Å². The molecular formula is C7H15N3O2. The van der Waals surface area contributed by atoms with Crippen LogP contribution < -0.4 is 5.59 Å². The minimum Gasteiger partial charge on any atom is -0.464 e. The van der Waals surface area contributed by atoms with Gasteiger partial charge >= 0.3 is 6.08 Å². The van der Waals surface area contributed by atoms with E-state index in [2.05, 4.69) is 29.4 Å². The fourth-order valence-electron chi connectivity index (χ4n) is 0.991. The first-order valence-corrected chi connectivity index (χ1v) is 4.12. The molecule has 1 aliphatic rings. The summed E-state index contributed by atoms with van der Waals surface area (Å²) in [6, 6.07) is 0. The van der Waals surface area contributed by atoms with Crippen LogP contribution in [0.4, 0.5) is 0 Å². The molecule has 1 aliphatic heterocycles. The molecule has 0 aromatic rings. The second-order valence-corrected chi connectivity index (χ2v) is 3.09. The number of aliphatic hydroxyl groups is 1. The highest BCUT2D eigenvalue weighted by Crippen LogP contribution is 2.23. The summed E-state index contributed by atoms with van der Waals surface area (Å²) in [5.41, 5.74) is 2.42. The van der Waals surface area contributed by atoms with Gasteiger partial charge in [-0.05, 0) is 25.4 Å². The van der Waals surface area contributed by atoms with E-state index in [1.54, 1.807) is 5.12 Å². The van der Waals surface area contributed by atoms with Crippen molar-refractivity contribution in [2.75, 3.05) is 0 Å². The summed E-state index contributed by atoms with van der Waals surface area (Å²) in [5.74, 6) is 0. The van der Waals surface area contributed by atoms with Gasteiger partial charge in [0.15, 0.2) is 0 Å². The number of hydrazone groups is 1. The van der Waals surface area contributed by atoms with Gasteiger partial charge in [-0.1, -0.05) is 18.9 Å². The van der Waals surface area contributed by atoms with Crippen molar-refractivity contribution in [1.82, 2.24) is 10.7 Å². The molecule has 0 spiro atoms. The number of rotatable bonds is 3. The normalized spacial score (nSPS) is 17.6. The van der Waals surface area contributed by atoms with Gasteiger partial charge in [-0.15, -0.1) is 0 Å². The lowest BCUT2D eigenvalue weighted by atomic mass is 9.96. The molecular weight excluding hydrogens is 158 g/mol. The Bertz CT molecular complexity index is 189. The first kappa shape index (κ1) is 9.12. The third-order valence-electron chi connectivity index (χ3n) is 2.44. The molecule has 12 heavy (non-hydrogen) atoms. The number of hydrogen-bond donors (Lipinski definition) is 2. The van der Waals surface area contributed by atoms with Gasteiger partial charge in [-0.3, -0.25) is 0 Å². The standard InChI is InChI=1S/C7H15N3O2/c1-4-7(3,5-2)10-8-6(11)12-9-10/h9H,4-5H2,1-3H3,(H,8,11). The summed E-state index contributed by atoms with van der Waals surface area (Å²) in [7, 11) is 0. The van der Waals surface area contributed by atoms with Gasteiger partial charge < -0.3 is 9.94 Å². The Hall–Kier alpha value is -0.970. The molecule has 0 saturated carbocycles. The van der Waals surface area contributed by atoms with E-state index in [0.717, 1.165) is 12.8 Å².